The molecule has 26 heavy (non-hydrogen) atoms. The van der Waals surface area contributed by atoms with Crippen LogP contribution in [-0.4, -0.2) is 37.7 Å². The highest BCUT2D eigenvalue weighted by Crippen LogP contribution is 2.28. The Morgan fingerprint density at radius 2 is 1.73 bits per heavy atom. The summed E-state index contributed by atoms with van der Waals surface area (Å²) < 4.78 is 28.9. The highest BCUT2D eigenvalue weighted by Gasteiger charge is 2.13. The van der Waals surface area contributed by atoms with Gasteiger partial charge in [0.1, 0.15) is 0 Å². The molecule has 0 saturated heterocycles. The molecule has 0 aliphatic rings. The molecule has 0 spiro atoms. The number of aryl methyl sites for hydroxylation is 1. The Hall–Kier alpha value is -3.09. The van der Waals surface area contributed by atoms with Crippen LogP contribution in [0, 0.1) is 5.82 Å². The third-order valence-corrected chi connectivity index (χ3v) is 3.69. The molecule has 1 N–H and O–H groups in total. The van der Waals surface area contributed by atoms with Crippen LogP contribution in [0.1, 0.15) is 22.3 Å². The fourth-order valence-corrected chi connectivity index (χ4v) is 2.37. The number of hydrogen-bond donors (Lipinski definition) is 1. The maximum Gasteiger partial charge on any atom is 0.341 e. The monoisotopic (exact) mass is 362 g/mol. The Bertz CT molecular complexity index is 803. The van der Waals surface area contributed by atoms with Crippen molar-refractivity contribution in [3.05, 3.63) is 53.3 Å². The van der Waals surface area contributed by atoms with E-state index in [4.69, 9.17) is 19.3 Å². The fraction of sp³-hybridized carbons (Fsp3) is 0.263. The molecule has 0 aromatic heterocycles. The van der Waals surface area contributed by atoms with Gasteiger partial charge in [0.05, 0.1) is 14.2 Å². The largest absolute Gasteiger partial charge is 0.493 e. The predicted octanol–water partition coefficient (Wildman–Crippen LogP) is 3.12. The van der Waals surface area contributed by atoms with E-state index in [1.54, 1.807) is 19.2 Å². The second-order valence-electron chi connectivity index (χ2n) is 5.44. The molecule has 0 bridgehead atoms. The number of aliphatic carboxylic acids is 1. The van der Waals surface area contributed by atoms with E-state index in [1.165, 1.54) is 19.2 Å². The fourth-order valence-electron chi connectivity index (χ4n) is 2.37. The topological polar surface area (TPSA) is 82.1 Å². The van der Waals surface area contributed by atoms with Crippen molar-refractivity contribution in [2.24, 2.45) is 0 Å². The lowest BCUT2D eigenvalue weighted by Crippen LogP contribution is -2.11. The average Bonchev–Trinajstić information content (AvgIpc) is 2.64. The third-order valence-electron chi connectivity index (χ3n) is 3.69. The molecule has 0 aliphatic heterocycles. The number of methoxy groups -OCH3 is 2. The number of benzene rings is 2. The average molecular weight is 362 g/mol. The van der Waals surface area contributed by atoms with Crippen molar-refractivity contribution in [2.75, 3.05) is 20.8 Å². The summed E-state index contributed by atoms with van der Waals surface area (Å²) in [5.41, 5.74) is 1.15. The second kappa shape index (κ2) is 8.84. The maximum absolute atomic E-state index is 13.6. The zero-order valence-corrected chi connectivity index (χ0v) is 14.5. The van der Waals surface area contributed by atoms with E-state index in [-0.39, 0.29) is 23.5 Å². The van der Waals surface area contributed by atoms with Gasteiger partial charge in [0.2, 0.25) is 0 Å². The second-order valence-corrected chi connectivity index (χ2v) is 5.44. The van der Waals surface area contributed by atoms with Crippen LogP contribution >= 0.6 is 0 Å². The van der Waals surface area contributed by atoms with Crippen LogP contribution in [0.2, 0.25) is 0 Å². The van der Waals surface area contributed by atoms with Gasteiger partial charge in [0.15, 0.2) is 35.5 Å². The highest BCUT2D eigenvalue weighted by atomic mass is 19.1. The molecule has 0 radical (unpaired) electrons. The molecule has 0 amide bonds. The molecule has 0 saturated carbocycles. The number of rotatable bonds is 9. The van der Waals surface area contributed by atoms with Crippen molar-refractivity contribution in [3.8, 4) is 17.2 Å². The first-order valence-corrected chi connectivity index (χ1v) is 7.83. The Labute approximate surface area is 150 Å². The first-order valence-electron chi connectivity index (χ1n) is 7.83. The smallest absolute Gasteiger partial charge is 0.341 e. The zero-order chi connectivity index (χ0) is 19.1. The van der Waals surface area contributed by atoms with Gasteiger partial charge in [-0.25, -0.2) is 9.18 Å². The molecule has 7 heteroatoms. The van der Waals surface area contributed by atoms with Crippen LogP contribution in [0.3, 0.4) is 0 Å². The van der Waals surface area contributed by atoms with Crippen molar-refractivity contribution >= 4 is 11.8 Å². The minimum Gasteiger partial charge on any atom is -0.493 e. The number of carbonyl (C=O) groups is 2. The minimum atomic E-state index is -1.23. The van der Waals surface area contributed by atoms with E-state index in [0.29, 0.717) is 17.9 Å². The molecule has 0 heterocycles. The Morgan fingerprint density at radius 3 is 2.38 bits per heavy atom. The Balaban J connectivity index is 2.06. The number of carboxylic acid groups (broad SMARTS) is 1. The molecule has 6 nitrogen and oxygen atoms in total. The summed E-state index contributed by atoms with van der Waals surface area (Å²) >= 11 is 0. The van der Waals surface area contributed by atoms with Crippen molar-refractivity contribution in [1.82, 2.24) is 0 Å². The Kier molecular flexibility index (Phi) is 6.54. The van der Waals surface area contributed by atoms with E-state index in [1.807, 2.05) is 6.07 Å². The summed E-state index contributed by atoms with van der Waals surface area (Å²) in [5.74, 6) is -1.24. The van der Waals surface area contributed by atoms with E-state index in [2.05, 4.69) is 0 Å². The lowest BCUT2D eigenvalue weighted by Gasteiger charge is -2.10. The number of carbonyl (C=O) groups excluding carboxylic acids is 1. The zero-order valence-electron chi connectivity index (χ0n) is 14.5. The molecule has 2 aromatic rings. The summed E-state index contributed by atoms with van der Waals surface area (Å²) in [4.78, 5) is 22.9. The van der Waals surface area contributed by atoms with Gasteiger partial charge in [-0.3, -0.25) is 4.79 Å². The quantitative estimate of drug-likeness (QED) is 0.690. The van der Waals surface area contributed by atoms with E-state index < -0.39 is 18.4 Å². The summed E-state index contributed by atoms with van der Waals surface area (Å²) in [5, 5.41) is 8.60. The normalized spacial score (nSPS) is 10.3. The number of hydrogen-bond acceptors (Lipinski definition) is 5. The van der Waals surface area contributed by atoms with E-state index in [9.17, 15) is 14.0 Å². The molecule has 138 valence electrons. The molecule has 2 rings (SSSR count). The molecule has 0 aliphatic carbocycles. The summed E-state index contributed by atoms with van der Waals surface area (Å²) in [7, 11) is 3.07. The van der Waals surface area contributed by atoms with Crippen LogP contribution in [0.5, 0.6) is 17.2 Å². The molecule has 0 unspecified atom stereocenters. The summed E-state index contributed by atoms with van der Waals surface area (Å²) in [6.45, 7) is -0.680. The van der Waals surface area contributed by atoms with E-state index in [0.717, 1.165) is 11.6 Å². The third kappa shape index (κ3) is 4.95. The predicted molar refractivity (Wildman–Crippen MR) is 91.7 cm³/mol. The van der Waals surface area contributed by atoms with Crippen LogP contribution < -0.4 is 14.2 Å². The van der Waals surface area contributed by atoms with Gasteiger partial charge in [-0.15, -0.1) is 0 Å². The van der Waals surface area contributed by atoms with Crippen LogP contribution in [0.25, 0.3) is 0 Å². The summed E-state index contributed by atoms with van der Waals surface area (Å²) in [6.07, 6.45) is 0.654. The molecule has 0 atom stereocenters. The van der Waals surface area contributed by atoms with Gasteiger partial charge >= 0.3 is 5.97 Å². The standard InChI is InChI=1S/C19H19FO6/c1-24-16-8-4-12(9-18(16)25-2)3-7-15(21)13-5-6-14(20)17(10-13)26-11-19(22)23/h4-6,8-10H,3,7,11H2,1-2H3,(H,22,23). The van der Waals surface area contributed by atoms with E-state index >= 15 is 0 Å². The van der Waals surface area contributed by atoms with Crippen LogP contribution in [-0.2, 0) is 11.2 Å². The first kappa shape index (κ1) is 19.2. The van der Waals surface area contributed by atoms with Gasteiger partial charge in [-0.1, -0.05) is 6.07 Å². The Morgan fingerprint density at radius 1 is 1.00 bits per heavy atom. The van der Waals surface area contributed by atoms with Gasteiger partial charge in [0, 0.05) is 12.0 Å². The number of halogens is 1. The van der Waals surface area contributed by atoms with Crippen molar-refractivity contribution < 1.29 is 33.3 Å². The van der Waals surface area contributed by atoms with Crippen LogP contribution in [0.4, 0.5) is 4.39 Å². The number of carboxylic acids is 1. The molecule has 2 aromatic carbocycles. The molecular weight excluding hydrogens is 343 g/mol. The lowest BCUT2D eigenvalue weighted by atomic mass is 10.0. The lowest BCUT2D eigenvalue weighted by molar-refractivity contribution is -0.139. The maximum atomic E-state index is 13.6. The SMILES string of the molecule is COc1ccc(CCC(=O)c2ccc(F)c(OCC(=O)O)c2)cc1OC. The first-order chi connectivity index (χ1) is 12.4. The van der Waals surface area contributed by atoms with Gasteiger partial charge in [-0.2, -0.15) is 0 Å². The summed E-state index contributed by atoms with van der Waals surface area (Å²) in [6, 6.07) is 9.03. The van der Waals surface area contributed by atoms with Crippen molar-refractivity contribution in [3.63, 3.8) is 0 Å². The molecule has 0 fully saturated rings. The van der Waals surface area contributed by atoms with Gasteiger partial charge < -0.3 is 19.3 Å². The minimum absolute atomic E-state index is 0.194. The number of ether oxygens (including phenoxy) is 3. The van der Waals surface area contributed by atoms with Gasteiger partial charge in [-0.05, 0) is 42.3 Å². The highest BCUT2D eigenvalue weighted by molar-refractivity contribution is 5.96. The van der Waals surface area contributed by atoms with Crippen molar-refractivity contribution in [2.45, 2.75) is 12.8 Å². The van der Waals surface area contributed by atoms with Gasteiger partial charge in [0.25, 0.3) is 0 Å². The number of Topliss-reactive ketones (excluding diaryl/α,β-unsaturated/α-hetero) is 1. The molecular formula is C19H19FO6. The number of ketones is 1. The van der Waals surface area contributed by atoms with Crippen molar-refractivity contribution in [1.29, 1.82) is 0 Å². The van der Waals surface area contributed by atoms with Crippen LogP contribution in [0.15, 0.2) is 36.4 Å².